The Labute approximate surface area is 106 Å². The van der Waals surface area contributed by atoms with E-state index in [2.05, 4.69) is 28.6 Å². The molecule has 0 saturated carbocycles. The van der Waals surface area contributed by atoms with Crippen LogP contribution in [0.25, 0.3) is 11.3 Å². The number of hydrogen-bond acceptors (Lipinski definition) is 3. The van der Waals surface area contributed by atoms with E-state index in [0.29, 0.717) is 0 Å². The monoisotopic (exact) mass is 250 g/mol. The topological polar surface area (TPSA) is 42.7 Å². The maximum absolute atomic E-state index is 6.28. The van der Waals surface area contributed by atoms with Gasteiger partial charge in [-0.1, -0.05) is 35.9 Å². The van der Waals surface area contributed by atoms with Crippen LogP contribution in [0, 0.1) is 0 Å². The first kappa shape index (κ1) is 12.1. The number of benzene rings is 1. The lowest BCUT2D eigenvalue weighted by atomic mass is 10.1. The lowest BCUT2D eigenvalue weighted by molar-refractivity contribution is 0.720. The molecular formula is C12H15ClN4. The Morgan fingerprint density at radius 2 is 2.24 bits per heavy atom. The minimum absolute atomic E-state index is 0.728. The van der Waals surface area contributed by atoms with Gasteiger partial charge < -0.3 is 5.32 Å². The normalized spacial score (nSPS) is 10.8. The molecule has 0 aliphatic rings. The summed E-state index contributed by atoms with van der Waals surface area (Å²) in [6, 6.07) is 6.05. The number of rotatable bonds is 4. The van der Waals surface area contributed by atoms with E-state index < -0.39 is 0 Å². The zero-order valence-electron chi connectivity index (χ0n) is 9.94. The molecule has 1 N–H and O–H groups in total. The summed E-state index contributed by atoms with van der Waals surface area (Å²) < 4.78 is 1.71. The van der Waals surface area contributed by atoms with Crippen LogP contribution < -0.4 is 5.32 Å². The van der Waals surface area contributed by atoms with Crippen molar-refractivity contribution >= 4 is 11.6 Å². The molecular weight excluding hydrogens is 236 g/mol. The van der Waals surface area contributed by atoms with E-state index in [1.807, 2.05) is 19.2 Å². The predicted octanol–water partition coefficient (Wildman–Crippen LogP) is 2.25. The maximum Gasteiger partial charge on any atom is 0.0897 e. The molecule has 0 radical (unpaired) electrons. The van der Waals surface area contributed by atoms with Gasteiger partial charge in [-0.3, -0.25) is 0 Å². The molecule has 0 aliphatic heterocycles. The standard InChI is InChI=1S/C12H15ClN4/c1-3-14-7-9-4-5-10(11(13)6-9)12-8-15-16-17(12)2/h4-6,8,14H,3,7H2,1-2H3. The summed E-state index contributed by atoms with van der Waals surface area (Å²) >= 11 is 6.28. The van der Waals surface area contributed by atoms with Crippen LogP contribution in [0.3, 0.4) is 0 Å². The maximum atomic E-state index is 6.28. The van der Waals surface area contributed by atoms with Crippen LogP contribution in [0.5, 0.6) is 0 Å². The van der Waals surface area contributed by atoms with Crippen molar-refractivity contribution in [3.8, 4) is 11.3 Å². The van der Waals surface area contributed by atoms with Crippen LogP contribution in [0.2, 0.25) is 5.02 Å². The molecule has 17 heavy (non-hydrogen) atoms. The Balaban J connectivity index is 2.29. The number of hydrogen-bond donors (Lipinski definition) is 1. The Bertz CT molecular complexity index is 507. The minimum atomic E-state index is 0.728. The minimum Gasteiger partial charge on any atom is -0.313 e. The van der Waals surface area contributed by atoms with Crippen LogP contribution in [-0.2, 0) is 13.6 Å². The predicted molar refractivity (Wildman–Crippen MR) is 68.8 cm³/mol. The third-order valence-electron chi connectivity index (χ3n) is 2.60. The van der Waals surface area contributed by atoms with Gasteiger partial charge in [-0.25, -0.2) is 4.68 Å². The van der Waals surface area contributed by atoms with E-state index in [9.17, 15) is 0 Å². The Morgan fingerprint density at radius 1 is 1.41 bits per heavy atom. The van der Waals surface area contributed by atoms with Gasteiger partial charge in [-0.15, -0.1) is 5.10 Å². The molecule has 0 spiro atoms. The summed E-state index contributed by atoms with van der Waals surface area (Å²) in [6.07, 6.45) is 1.71. The molecule has 0 unspecified atom stereocenters. The fraction of sp³-hybridized carbons (Fsp3) is 0.333. The van der Waals surface area contributed by atoms with Gasteiger partial charge in [0.05, 0.1) is 16.9 Å². The molecule has 5 heteroatoms. The van der Waals surface area contributed by atoms with Gasteiger partial charge in [0, 0.05) is 19.2 Å². The van der Waals surface area contributed by atoms with Gasteiger partial charge in [0.15, 0.2) is 0 Å². The Kier molecular flexibility index (Phi) is 3.76. The molecule has 1 aromatic carbocycles. The van der Waals surface area contributed by atoms with E-state index >= 15 is 0 Å². The molecule has 0 aliphatic carbocycles. The van der Waals surface area contributed by atoms with Gasteiger partial charge in [0.2, 0.25) is 0 Å². The molecule has 1 heterocycles. The van der Waals surface area contributed by atoms with Crippen LogP contribution in [0.1, 0.15) is 12.5 Å². The fourth-order valence-electron chi connectivity index (χ4n) is 1.68. The molecule has 2 rings (SSSR count). The van der Waals surface area contributed by atoms with Gasteiger partial charge in [-0.05, 0) is 18.2 Å². The van der Waals surface area contributed by atoms with E-state index in [-0.39, 0.29) is 0 Å². The smallest absolute Gasteiger partial charge is 0.0897 e. The van der Waals surface area contributed by atoms with Crippen molar-refractivity contribution < 1.29 is 0 Å². The molecule has 0 amide bonds. The van der Waals surface area contributed by atoms with Crippen molar-refractivity contribution in [3.63, 3.8) is 0 Å². The molecule has 1 aromatic heterocycles. The van der Waals surface area contributed by atoms with Crippen LogP contribution in [0.15, 0.2) is 24.4 Å². The average Bonchev–Trinajstić information content (AvgIpc) is 2.73. The second-order valence-electron chi connectivity index (χ2n) is 3.84. The quantitative estimate of drug-likeness (QED) is 0.905. The third-order valence-corrected chi connectivity index (χ3v) is 2.92. The van der Waals surface area contributed by atoms with E-state index in [1.165, 1.54) is 5.56 Å². The average molecular weight is 251 g/mol. The zero-order chi connectivity index (χ0) is 12.3. The van der Waals surface area contributed by atoms with Gasteiger partial charge in [-0.2, -0.15) is 0 Å². The summed E-state index contributed by atoms with van der Waals surface area (Å²) in [5, 5.41) is 11.8. The van der Waals surface area contributed by atoms with Gasteiger partial charge >= 0.3 is 0 Å². The second kappa shape index (κ2) is 5.29. The first-order chi connectivity index (χ1) is 8.22. The molecule has 4 nitrogen and oxygen atoms in total. The lowest BCUT2D eigenvalue weighted by Crippen LogP contribution is -2.11. The lowest BCUT2D eigenvalue weighted by Gasteiger charge is -2.07. The second-order valence-corrected chi connectivity index (χ2v) is 4.24. The van der Waals surface area contributed by atoms with Crippen molar-refractivity contribution in [3.05, 3.63) is 35.0 Å². The molecule has 0 atom stereocenters. The van der Waals surface area contributed by atoms with Crippen molar-refractivity contribution in [2.24, 2.45) is 7.05 Å². The molecule has 0 bridgehead atoms. The van der Waals surface area contributed by atoms with Crippen molar-refractivity contribution in [2.45, 2.75) is 13.5 Å². The zero-order valence-corrected chi connectivity index (χ0v) is 10.7. The molecule has 0 saturated heterocycles. The molecule has 90 valence electrons. The van der Waals surface area contributed by atoms with E-state index in [0.717, 1.165) is 29.4 Å². The first-order valence-corrected chi connectivity index (χ1v) is 5.94. The summed E-state index contributed by atoms with van der Waals surface area (Å²) in [4.78, 5) is 0. The summed E-state index contributed by atoms with van der Waals surface area (Å²) in [5.41, 5.74) is 3.06. The largest absolute Gasteiger partial charge is 0.313 e. The third kappa shape index (κ3) is 2.65. The number of aromatic nitrogens is 3. The van der Waals surface area contributed by atoms with Crippen molar-refractivity contribution in [1.82, 2.24) is 20.3 Å². The van der Waals surface area contributed by atoms with Gasteiger partial charge in [0.1, 0.15) is 0 Å². The molecule has 2 aromatic rings. The van der Waals surface area contributed by atoms with E-state index in [4.69, 9.17) is 11.6 Å². The van der Waals surface area contributed by atoms with E-state index in [1.54, 1.807) is 10.9 Å². The fourth-order valence-corrected chi connectivity index (χ4v) is 1.98. The Hall–Kier alpha value is -1.39. The highest BCUT2D eigenvalue weighted by Crippen LogP contribution is 2.27. The number of nitrogens with zero attached hydrogens (tertiary/aromatic N) is 3. The summed E-state index contributed by atoms with van der Waals surface area (Å²) in [7, 11) is 1.85. The SMILES string of the molecule is CCNCc1ccc(-c2cnnn2C)c(Cl)c1. The van der Waals surface area contributed by atoms with Crippen LogP contribution >= 0.6 is 11.6 Å². The number of halogens is 1. The number of nitrogens with one attached hydrogen (secondary N) is 1. The van der Waals surface area contributed by atoms with Crippen LogP contribution in [-0.4, -0.2) is 21.5 Å². The highest BCUT2D eigenvalue weighted by molar-refractivity contribution is 6.33. The first-order valence-electron chi connectivity index (χ1n) is 5.56. The summed E-state index contributed by atoms with van der Waals surface area (Å²) in [6.45, 7) is 3.86. The molecule has 0 fully saturated rings. The van der Waals surface area contributed by atoms with Crippen molar-refractivity contribution in [2.75, 3.05) is 6.54 Å². The highest BCUT2D eigenvalue weighted by Gasteiger charge is 2.08. The van der Waals surface area contributed by atoms with Crippen LogP contribution in [0.4, 0.5) is 0 Å². The number of aryl methyl sites for hydroxylation is 1. The van der Waals surface area contributed by atoms with Crippen molar-refractivity contribution in [1.29, 1.82) is 0 Å². The summed E-state index contributed by atoms with van der Waals surface area (Å²) in [5.74, 6) is 0. The van der Waals surface area contributed by atoms with Gasteiger partial charge in [0.25, 0.3) is 0 Å². The Morgan fingerprint density at radius 3 is 2.82 bits per heavy atom. The highest BCUT2D eigenvalue weighted by atomic mass is 35.5.